The summed E-state index contributed by atoms with van der Waals surface area (Å²) in [5, 5.41) is 7.47. The third-order valence-electron chi connectivity index (χ3n) is 5.30. The van der Waals surface area contributed by atoms with Crippen molar-refractivity contribution < 1.29 is 4.74 Å². The summed E-state index contributed by atoms with van der Waals surface area (Å²) in [6.45, 7) is 1.39. The molecule has 0 unspecified atom stereocenters. The second kappa shape index (κ2) is 7.66. The Morgan fingerprint density at radius 3 is 2.74 bits per heavy atom. The molecule has 1 aromatic carbocycles. The minimum Gasteiger partial charge on any atom is -0.376 e. The monoisotopic (exact) mass is 444 g/mol. The van der Waals surface area contributed by atoms with Crippen molar-refractivity contribution in [3.05, 3.63) is 75.0 Å². The first-order chi connectivity index (χ1) is 13.1. The molecule has 1 fully saturated rings. The van der Waals surface area contributed by atoms with E-state index in [2.05, 4.69) is 49.3 Å². The van der Waals surface area contributed by atoms with Gasteiger partial charge in [0, 0.05) is 30.5 Å². The van der Waals surface area contributed by atoms with Crippen LogP contribution in [-0.4, -0.2) is 26.4 Å². The molecule has 0 saturated heterocycles. The van der Waals surface area contributed by atoms with Crippen LogP contribution in [0.1, 0.15) is 29.8 Å². The zero-order valence-electron chi connectivity index (χ0n) is 15.1. The molecule has 0 atom stereocenters. The zero-order chi connectivity index (χ0) is 18.9. The maximum absolute atomic E-state index is 5.97. The van der Waals surface area contributed by atoms with Crippen LogP contribution in [-0.2, 0) is 23.8 Å². The minimum absolute atomic E-state index is 0.181. The van der Waals surface area contributed by atoms with Crippen molar-refractivity contribution in [3.8, 4) is 0 Å². The number of nitrogens with one attached hydrogen (secondary N) is 1. The highest BCUT2D eigenvalue weighted by molar-refractivity contribution is 9.10. The van der Waals surface area contributed by atoms with E-state index in [1.165, 1.54) is 5.56 Å². The largest absolute Gasteiger partial charge is 0.376 e. The smallest absolute Gasteiger partial charge is 0.194 e. The first-order valence-corrected chi connectivity index (χ1v) is 10.1. The third-order valence-corrected chi connectivity index (χ3v) is 6.10. The van der Waals surface area contributed by atoms with Crippen LogP contribution in [0, 0.1) is 10.7 Å². The summed E-state index contributed by atoms with van der Waals surface area (Å²) in [4.78, 5) is 4.37. The van der Waals surface area contributed by atoms with Crippen LogP contribution in [0.15, 0.2) is 53.3 Å². The lowest BCUT2D eigenvalue weighted by molar-refractivity contribution is 0.0282. The van der Waals surface area contributed by atoms with E-state index in [0.717, 1.165) is 35.3 Å². The Hall–Kier alpha value is -1.83. The maximum atomic E-state index is 5.97. The lowest BCUT2D eigenvalue weighted by atomic mass is 9.58. The topological polar surface area (TPSA) is 55.7 Å². The molecule has 0 bridgehead atoms. The summed E-state index contributed by atoms with van der Waals surface area (Å²) in [6.07, 6.45) is 5.67. The van der Waals surface area contributed by atoms with Crippen LogP contribution in [0.2, 0.25) is 0 Å². The van der Waals surface area contributed by atoms with Crippen LogP contribution in [0.4, 0.5) is 0 Å². The van der Waals surface area contributed by atoms with Gasteiger partial charge in [0.1, 0.15) is 5.82 Å². The fourth-order valence-electron chi connectivity index (χ4n) is 3.96. The van der Waals surface area contributed by atoms with Crippen LogP contribution < -0.4 is 0 Å². The molecule has 1 N–H and O–H groups in total. The summed E-state index contributed by atoms with van der Waals surface area (Å²) >= 11 is 8.88. The van der Waals surface area contributed by atoms with Gasteiger partial charge in [0.15, 0.2) is 4.77 Å². The number of aromatic nitrogens is 4. The molecule has 1 saturated carbocycles. The lowest BCUT2D eigenvalue weighted by Gasteiger charge is -2.47. The van der Waals surface area contributed by atoms with Gasteiger partial charge in [0.25, 0.3) is 0 Å². The Balaban J connectivity index is 1.50. The molecule has 7 heteroatoms. The second-order valence-corrected chi connectivity index (χ2v) is 8.46. The number of rotatable bonds is 6. The molecule has 3 aromatic rings. The van der Waals surface area contributed by atoms with Gasteiger partial charge in [-0.3, -0.25) is 10.1 Å². The number of aromatic amines is 1. The SMILES string of the molecule is Cn1c(C2(c3cncc(Br)c3)CC(COCc3ccccc3)C2)n[nH]c1=S. The molecule has 2 aromatic heterocycles. The highest BCUT2D eigenvalue weighted by Gasteiger charge is 2.50. The third kappa shape index (κ3) is 3.63. The number of halogens is 1. The van der Waals surface area contributed by atoms with Gasteiger partial charge in [-0.1, -0.05) is 30.3 Å². The number of hydrogen-bond acceptors (Lipinski definition) is 4. The lowest BCUT2D eigenvalue weighted by Crippen LogP contribution is -2.46. The van der Waals surface area contributed by atoms with Gasteiger partial charge in [0.2, 0.25) is 0 Å². The Morgan fingerprint density at radius 1 is 1.30 bits per heavy atom. The van der Waals surface area contributed by atoms with Gasteiger partial charge in [-0.2, -0.15) is 5.10 Å². The Kier molecular flexibility index (Phi) is 5.25. The van der Waals surface area contributed by atoms with Crippen LogP contribution in [0.5, 0.6) is 0 Å². The van der Waals surface area contributed by atoms with E-state index in [9.17, 15) is 0 Å². The summed E-state index contributed by atoms with van der Waals surface area (Å²) in [6, 6.07) is 12.4. The predicted octanol–water partition coefficient (Wildman–Crippen LogP) is 4.55. The second-order valence-electron chi connectivity index (χ2n) is 7.16. The van der Waals surface area contributed by atoms with E-state index >= 15 is 0 Å². The van der Waals surface area contributed by atoms with Gasteiger partial charge in [0.05, 0.1) is 12.0 Å². The first-order valence-electron chi connectivity index (χ1n) is 8.93. The quantitative estimate of drug-likeness (QED) is 0.566. The number of nitrogens with zero attached hydrogens (tertiary/aromatic N) is 3. The fourth-order valence-corrected chi connectivity index (χ4v) is 4.45. The van der Waals surface area contributed by atoms with E-state index in [4.69, 9.17) is 17.0 Å². The molecule has 1 aliphatic carbocycles. The molecule has 0 radical (unpaired) electrons. The predicted molar refractivity (Wildman–Crippen MR) is 110 cm³/mol. The molecular weight excluding hydrogens is 424 g/mol. The van der Waals surface area contributed by atoms with Crippen LogP contribution in [0.25, 0.3) is 0 Å². The summed E-state index contributed by atoms with van der Waals surface area (Å²) in [5.74, 6) is 1.45. The molecular formula is C20H21BrN4OS. The van der Waals surface area contributed by atoms with Crippen molar-refractivity contribution in [2.45, 2.75) is 24.9 Å². The molecule has 0 spiro atoms. The number of benzene rings is 1. The van der Waals surface area contributed by atoms with E-state index in [-0.39, 0.29) is 5.41 Å². The molecule has 5 nitrogen and oxygen atoms in total. The first kappa shape index (κ1) is 18.5. The highest BCUT2D eigenvalue weighted by atomic mass is 79.9. The van der Waals surface area contributed by atoms with Gasteiger partial charge >= 0.3 is 0 Å². The fraction of sp³-hybridized carbons (Fsp3) is 0.350. The number of H-pyrrole nitrogens is 1. The van der Waals surface area contributed by atoms with Gasteiger partial charge in [-0.25, -0.2) is 0 Å². The molecule has 140 valence electrons. The molecule has 4 rings (SSSR count). The molecule has 27 heavy (non-hydrogen) atoms. The van der Waals surface area contributed by atoms with Crippen molar-refractivity contribution in [2.75, 3.05) is 6.61 Å². The Labute approximate surface area is 171 Å². The van der Waals surface area contributed by atoms with Gasteiger partial charge in [-0.15, -0.1) is 0 Å². The van der Waals surface area contributed by atoms with Crippen molar-refractivity contribution in [2.24, 2.45) is 13.0 Å². The summed E-state index contributed by atoms with van der Waals surface area (Å²) in [5.41, 5.74) is 2.18. The standard InChI is InChI=1S/C20H21BrN4OS/c1-25-18(23-24-19(25)27)20(16-7-17(21)11-22-10-16)8-15(9-20)13-26-12-14-5-3-2-4-6-14/h2-7,10-11,15H,8-9,12-13H2,1H3,(H,24,27). The summed E-state index contributed by atoms with van der Waals surface area (Å²) < 4.78 is 9.54. The summed E-state index contributed by atoms with van der Waals surface area (Å²) in [7, 11) is 1.97. The molecule has 2 heterocycles. The molecule has 0 amide bonds. The average molecular weight is 445 g/mol. The van der Waals surface area contributed by atoms with E-state index in [1.54, 1.807) is 6.20 Å². The normalized spacial score (nSPS) is 21.8. The van der Waals surface area contributed by atoms with Crippen LogP contribution in [0.3, 0.4) is 0 Å². The van der Waals surface area contributed by atoms with E-state index in [0.29, 0.717) is 17.3 Å². The van der Waals surface area contributed by atoms with Gasteiger partial charge in [-0.05, 0) is 64.1 Å². The van der Waals surface area contributed by atoms with E-state index in [1.807, 2.05) is 36.0 Å². The number of pyridine rings is 1. The van der Waals surface area contributed by atoms with Crippen molar-refractivity contribution in [1.82, 2.24) is 19.7 Å². The maximum Gasteiger partial charge on any atom is 0.194 e. The minimum atomic E-state index is -0.181. The zero-order valence-corrected chi connectivity index (χ0v) is 17.5. The van der Waals surface area contributed by atoms with Crippen molar-refractivity contribution >= 4 is 28.1 Å². The van der Waals surface area contributed by atoms with Gasteiger partial charge < -0.3 is 9.30 Å². The Morgan fingerprint density at radius 2 is 2.07 bits per heavy atom. The molecule has 0 aliphatic heterocycles. The number of ether oxygens (including phenoxy) is 1. The number of hydrogen-bond donors (Lipinski definition) is 1. The Bertz CT molecular complexity index is 979. The van der Waals surface area contributed by atoms with Crippen molar-refractivity contribution in [1.29, 1.82) is 0 Å². The average Bonchev–Trinajstić information content (AvgIpc) is 2.97. The molecule has 1 aliphatic rings. The van der Waals surface area contributed by atoms with E-state index < -0.39 is 0 Å². The highest BCUT2D eigenvalue weighted by Crippen LogP contribution is 2.51. The van der Waals surface area contributed by atoms with Crippen LogP contribution >= 0.6 is 28.1 Å². The van der Waals surface area contributed by atoms with Crippen molar-refractivity contribution in [3.63, 3.8) is 0 Å².